The maximum atomic E-state index is 14.5. The number of carbonyl (C=O) groups excluding carboxylic acids is 2. The van der Waals surface area contributed by atoms with E-state index in [9.17, 15) is 23.2 Å². The maximum absolute atomic E-state index is 14.5. The second kappa shape index (κ2) is 11.7. The summed E-state index contributed by atoms with van der Waals surface area (Å²) in [5.41, 5.74) is -0.169. The third kappa shape index (κ3) is 5.99. The fraction of sp³-hybridized carbons (Fsp3) is 0.387. The number of hydrogen-bond donors (Lipinski definition) is 2. The van der Waals surface area contributed by atoms with Gasteiger partial charge in [0.25, 0.3) is 11.5 Å². The van der Waals surface area contributed by atoms with Crippen molar-refractivity contribution in [2.24, 2.45) is 7.05 Å². The Morgan fingerprint density at radius 2 is 1.77 bits per heavy atom. The van der Waals surface area contributed by atoms with Gasteiger partial charge in [0.1, 0.15) is 28.2 Å². The van der Waals surface area contributed by atoms with E-state index in [-0.39, 0.29) is 17.5 Å². The molecule has 3 heterocycles. The van der Waals surface area contributed by atoms with Crippen LogP contribution < -0.4 is 21.1 Å². The highest BCUT2D eigenvalue weighted by Gasteiger charge is 2.31. The summed E-state index contributed by atoms with van der Waals surface area (Å²) in [6.07, 6.45) is 1.24. The first kappa shape index (κ1) is 30.6. The van der Waals surface area contributed by atoms with Crippen molar-refractivity contribution in [2.45, 2.75) is 58.6 Å². The van der Waals surface area contributed by atoms with Gasteiger partial charge in [-0.05, 0) is 57.5 Å². The molecule has 0 saturated carbocycles. The van der Waals surface area contributed by atoms with Gasteiger partial charge in [0.05, 0.1) is 22.9 Å². The minimum absolute atomic E-state index is 0.118. The summed E-state index contributed by atoms with van der Waals surface area (Å²) < 4.78 is 36.9. The van der Waals surface area contributed by atoms with Crippen LogP contribution in [0.25, 0.3) is 16.7 Å². The van der Waals surface area contributed by atoms with Gasteiger partial charge in [0, 0.05) is 32.3 Å². The Bertz CT molecular complexity index is 1790. The fourth-order valence-electron chi connectivity index (χ4n) is 5.38. The van der Waals surface area contributed by atoms with Crippen molar-refractivity contribution in [2.75, 3.05) is 23.3 Å². The van der Waals surface area contributed by atoms with Gasteiger partial charge in [-0.25, -0.2) is 18.6 Å². The summed E-state index contributed by atoms with van der Waals surface area (Å²) in [5, 5.41) is 9.54. The highest BCUT2D eigenvalue weighted by atomic mass is 19.1. The van der Waals surface area contributed by atoms with Crippen molar-refractivity contribution in [3.63, 3.8) is 0 Å². The largest absolute Gasteiger partial charge is 0.444 e. The number of aryl methyl sites for hydroxylation is 1. The van der Waals surface area contributed by atoms with E-state index in [1.807, 2.05) is 36.4 Å². The molecule has 1 atom stereocenters. The molecule has 2 aromatic carbocycles. The van der Waals surface area contributed by atoms with Gasteiger partial charge in [0.15, 0.2) is 11.6 Å². The zero-order valence-corrected chi connectivity index (χ0v) is 25.4. The first-order chi connectivity index (χ1) is 20.7. The lowest BCUT2D eigenvalue weighted by Crippen LogP contribution is -2.40. The van der Waals surface area contributed by atoms with Crippen LogP contribution in [0, 0.1) is 11.6 Å². The molecule has 11 nitrogen and oxygen atoms in total. The lowest BCUT2D eigenvalue weighted by molar-refractivity contribution is 0.0509. The van der Waals surface area contributed by atoms with Crippen LogP contribution >= 0.6 is 0 Å². The molecule has 0 unspecified atom stereocenters. The summed E-state index contributed by atoms with van der Waals surface area (Å²) in [7, 11) is 1.92. The monoisotopic (exact) mass is 607 g/mol. The van der Waals surface area contributed by atoms with Crippen molar-refractivity contribution in [3.05, 3.63) is 76.0 Å². The van der Waals surface area contributed by atoms with E-state index in [4.69, 9.17) is 9.72 Å². The van der Waals surface area contributed by atoms with Gasteiger partial charge >= 0.3 is 6.09 Å². The number of nitrogens with one attached hydrogen (secondary N) is 2. The first-order valence-electron chi connectivity index (χ1n) is 14.3. The van der Waals surface area contributed by atoms with Gasteiger partial charge in [-0.1, -0.05) is 19.9 Å². The topological polar surface area (TPSA) is 123 Å². The van der Waals surface area contributed by atoms with Crippen LogP contribution in [-0.2, 0) is 11.8 Å². The Morgan fingerprint density at radius 1 is 1.07 bits per heavy atom. The number of benzene rings is 2. The second-order valence-electron chi connectivity index (χ2n) is 12.1. The molecule has 1 aliphatic rings. The number of fused-ring (bicyclic) bond motifs is 1. The summed E-state index contributed by atoms with van der Waals surface area (Å²) in [6.45, 7) is 10.4. The van der Waals surface area contributed by atoms with Crippen molar-refractivity contribution < 1.29 is 23.1 Å². The predicted octanol–water partition coefficient (Wildman–Crippen LogP) is 4.88. The molecular formula is C31H35F2N7O4. The zero-order valence-electron chi connectivity index (χ0n) is 25.4. The maximum Gasteiger partial charge on any atom is 0.407 e. The number of aromatic nitrogens is 4. The molecule has 2 amide bonds. The number of anilines is 2. The van der Waals surface area contributed by atoms with Gasteiger partial charge in [0.2, 0.25) is 0 Å². The molecule has 1 saturated heterocycles. The molecule has 1 aliphatic heterocycles. The third-order valence-corrected chi connectivity index (χ3v) is 7.29. The van der Waals surface area contributed by atoms with E-state index in [2.05, 4.69) is 15.7 Å². The summed E-state index contributed by atoms with van der Waals surface area (Å²) in [6, 6.07) is 7.70. The highest BCUT2D eigenvalue weighted by molar-refractivity contribution is 6.09. The molecule has 0 aliphatic carbocycles. The summed E-state index contributed by atoms with van der Waals surface area (Å²) in [4.78, 5) is 46.2. The SMILES string of the molecule is CC(C)c1nc2c(N3CC[C@H](NC(=O)OC(C)(C)C)C3)c(NC(=O)c3ccnn(-c4c(F)cccc4F)c3=O)ccc2n1C. The molecule has 5 rings (SSSR count). The number of amides is 2. The van der Waals surface area contributed by atoms with Crippen LogP contribution in [-0.4, -0.2) is 56.1 Å². The van der Waals surface area contributed by atoms with Gasteiger partial charge in [-0.15, -0.1) is 0 Å². The van der Waals surface area contributed by atoms with E-state index < -0.39 is 40.5 Å². The van der Waals surface area contributed by atoms with Crippen molar-refractivity contribution >= 4 is 34.4 Å². The summed E-state index contributed by atoms with van der Waals surface area (Å²) in [5.74, 6) is -1.82. The molecule has 4 aromatic rings. The molecule has 0 radical (unpaired) electrons. The van der Waals surface area contributed by atoms with Crippen LogP contribution in [0.3, 0.4) is 0 Å². The first-order valence-corrected chi connectivity index (χ1v) is 14.3. The minimum Gasteiger partial charge on any atom is -0.444 e. The molecular weight excluding hydrogens is 572 g/mol. The summed E-state index contributed by atoms with van der Waals surface area (Å²) >= 11 is 0. The Labute approximate surface area is 252 Å². The van der Waals surface area contributed by atoms with Crippen LogP contribution in [0.5, 0.6) is 0 Å². The van der Waals surface area contributed by atoms with Gasteiger partial charge in [-0.3, -0.25) is 9.59 Å². The number of imidazole rings is 1. The Kier molecular flexibility index (Phi) is 8.15. The van der Waals surface area contributed by atoms with E-state index in [0.717, 1.165) is 29.7 Å². The standard InChI is InChI=1S/C31H35F2N7O4/c1-17(2)27-37-24-23(38(27)6)11-10-22(26(24)39-15-13-18(16-39)35-30(43)44-31(3,4)5)36-28(41)19-12-14-34-40(29(19)42)25-20(32)8-7-9-21(25)33/h7-12,14,17-18H,13,15-16H2,1-6H3,(H,35,43)(H,36,41)/t18-/m0/s1. The number of halogens is 2. The van der Waals surface area contributed by atoms with Crippen molar-refractivity contribution in [1.82, 2.24) is 24.6 Å². The van der Waals surface area contributed by atoms with Crippen LogP contribution in [0.15, 0.2) is 47.4 Å². The molecule has 13 heteroatoms. The van der Waals surface area contributed by atoms with Crippen LogP contribution in [0.1, 0.15) is 63.1 Å². The average molecular weight is 608 g/mol. The average Bonchev–Trinajstić information content (AvgIpc) is 3.52. The van der Waals surface area contributed by atoms with E-state index in [1.54, 1.807) is 26.8 Å². The van der Waals surface area contributed by atoms with E-state index in [1.165, 1.54) is 12.1 Å². The van der Waals surface area contributed by atoms with Gasteiger partial charge in [-0.2, -0.15) is 9.78 Å². The second-order valence-corrected chi connectivity index (χ2v) is 12.1. The minimum atomic E-state index is -0.996. The lowest BCUT2D eigenvalue weighted by Gasteiger charge is -2.24. The van der Waals surface area contributed by atoms with Crippen LogP contribution in [0.2, 0.25) is 0 Å². The fourth-order valence-corrected chi connectivity index (χ4v) is 5.38. The Hall–Kier alpha value is -4.81. The molecule has 2 N–H and O–H groups in total. The number of alkyl carbamates (subject to hydrolysis) is 1. The third-order valence-electron chi connectivity index (χ3n) is 7.29. The number of hydrogen-bond acceptors (Lipinski definition) is 7. The van der Waals surface area contributed by atoms with E-state index >= 15 is 0 Å². The van der Waals surface area contributed by atoms with Gasteiger partial charge < -0.3 is 24.8 Å². The number of rotatable bonds is 6. The van der Waals surface area contributed by atoms with Crippen molar-refractivity contribution in [1.29, 1.82) is 0 Å². The normalized spacial score (nSPS) is 15.2. The zero-order chi connectivity index (χ0) is 31.9. The van der Waals surface area contributed by atoms with Crippen LogP contribution in [0.4, 0.5) is 25.0 Å². The molecule has 0 bridgehead atoms. The predicted molar refractivity (Wildman–Crippen MR) is 162 cm³/mol. The number of carbonyl (C=O) groups is 2. The van der Waals surface area contributed by atoms with Crippen molar-refractivity contribution in [3.8, 4) is 5.69 Å². The Balaban J connectivity index is 1.52. The lowest BCUT2D eigenvalue weighted by atomic mass is 10.2. The number of nitrogens with zero attached hydrogens (tertiary/aromatic N) is 5. The number of ether oxygens (including phenoxy) is 1. The molecule has 0 spiro atoms. The molecule has 2 aromatic heterocycles. The molecule has 1 fully saturated rings. The molecule has 44 heavy (non-hydrogen) atoms. The Morgan fingerprint density at radius 3 is 2.43 bits per heavy atom. The smallest absolute Gasteiger partial charge is 0.407 e. The quantitative estimate of drug-likeness (QED) is 0.320. The number of para-hydroxylation sites is 1. The highest BCUT2D eigenvalue weighted by Crippen LogP contribution is 2.37. The molecule has 232 valence electrons. The van der Waals surface area contributed by atoms with E-state index in [0.29, 0.717) is 41.1 Å².